The van der Waals surface area contributed by atoms with Crippen molar-refractivity contribution in [1.29, 1.82) is 0 Å². The van der Waals surface area contributed by atoms with Crippen LogP contribution in [0.15, 0.2) is 24.3 Å². The quantitative estimate of drug-likeness (QED) is 0.728. The Balaban J connectivity index is 1.50. The van der Waals surface area contributed by atoms with Crippen LogP contribution in [0.25, 0.3) is 0 Å². The number of carbonyl (C=O) groups is 1. The van der Waals surface area contributed by atoms with Gasteiger partial charge in [-0.3, -0.25) is 4.79 Å². The molecule has 3 nitrogen and oxygen atoms in total. The molecule has 0 unspecified atom stereocenters. The number of nitrogens with zero attached hydrogens (tertiary/aromatic N) is 2. The zero-order valence-electron chi connectivity index (χ0n) is 16.0. The molecule has 1 atom stereocenters. The van der Waals surface area contributed by atoms with E-state index in [9.17, 15) is 4.79 Å². The smallest absolute Gasteiger partial charge is 0.227 e. The van der Waals surface area contributed by atoms with E-state index in [2.05, 4.69) is 43.0 Å². The van der Waals surface area contributed by atoms with Crippen molar-refractivity contribution in [3.63, 3.8) is 0 Å². The van der Waals surface area contributed by atoms with Gasteiger partial charge in [0.25, 0.3) is 0 Å². The Labute approximate surface area is 153 Å². The van der Waals surface area contributed by atoms with Gasteiger partial charge in [0.1, 0.15) is 0 Å². The molecule has 0 spiro atoms. The van der Waals surface area contributed by atoms with Gasteiger partial charge in [0.2, 0.25) is 5.91 Å². The third-order valence-electron chi connectivity index (χ3n) is 5.93. The van der Waals surface area contributed by atoms with Crippen LogP contribution in [0.5, 0.6) is 0 Å². The highest BCUT2D eigenvalue weighted by Gasteiger charge is 2.26. The minimum absolute atomic E-state index is 0.295. The number of rotatable bonds is 7. The molecule has 3 rings (SSSR count). The Hall–Kier alpha value is -1.35. The topological polar surface area (TPSA) is 23.6 Å². The number of hydrogen-bond acceptors (Lipinski definition) is 2. The van der Waals surface area contributed by atoms with Gasteiger partial charge in [-0.1, -0.05) is 51.3 Å². The maximum absolute atomic E-state index is 12.4. The molecule has 1 aromatic rings. The number of para-hydroxylation sites is 1. The summed E-state index contributed by atoms with van der Waals surface area (Å²) in [6.07, 6.45) is 8.40. The second kappa shape index (κ2) is 8.84. The van der Waals surface area contributed by atoms with E-state index in [1.807, 2.05) is 4.90 Å². The number of carbonyl (C=O) groups excluding carboxylic acids is 1. The summed E-state index contributed by atoms with van der Waals surface area (Å²) in [4.78, 5) is 17.1. The molecule has 0 N–H and O–H groups in total. The molecule has 2 heterocycles. The zero-order chi connectivity index (χ0) is 17.6. The molecule has 1 fully saturated rings. The van der Waals surface area contributed by atoms with E-state index in [1.165, 1.54) is 50.8 Å². The molecule has 138 valence electrons. The van der Waals surface area contributed by atoms with Gasteiger partial charge in [0, 0.05) is 25.2 Å². The first-order chi connectivity index (χ1) is 12.2. The zero-order valence-corrected chi connectivity index (χ0v) is 16.0. The van der Waals surface area contributed by atoms with Crippen molar-refractivity contribution in [3.8, 4) is 0 Å². The van der Waals surface area contributed by atoms with E-state index in [0.29, 0.717) is 18.2 Å². The van der Waals surface area contributed by atoms with Crippen LogP contribution in [0.1, 0.15) is 57.9 Å². The third-order valence-corrected chi connectivity index (χ3v) is 5.93. The van der Waals surface area contributed by atoms with E-state index in [0.717, 1.165) is 31.1 Å². The maximum Gasteiger partial charge on any atom is 0.227 e. The molecule has 3 heteroatoms. The molecule has 0 aromatic heterocycles. The van der Waals surface area contributed by atoms with Crippen molar-refractivity contribution in [3.05, 3.63) is 29.8 Å². The van der Waals surface area contributed by atoms with E-state index in [1.54, 1.807) is 0 Å². The largest absolute Gasteiger partial charge is 0.312 e. The van der Waals surface area contributed by atoms with Crippen LogP contribution >= 0.6 is 0 Å². The van der Waals surface area contributed by atoms with Crippen LogP contribution < -0.4 is 4.90 Å². The SMILES string of the molecule is CCCCC1CCN(C[C@@H](C)CN2C(=O)CCc3ccccc32)CC1. The summed E-state index contributed by atoms with van der Waals surface area (Å²) in [6.45, 7) is 9.04. The monoisotopic (exact) mass is 342 g/mol. The Morgan fingerprint density at radius 1 is 1.12 bits per heavy atom. The van der Waals surface area contributed by atoms with E-state index < -0.39 is 0 Å². The fourth-order valence-electron chi connectivity index (χ4n) is 4.46. The van der Waals surface area contributed by atoms with E-state index in [-0.39, 0.29) is 0 Å². The first-order valence-corrected chi connectivity index (χ1v) is 10.3. The molecular formula is C22H34N2O. The molecule has 1 aromatic carbocycles. The molecular weight excluding hydrogens is 308 g/mol. The standard InChI is InChI=1S/C22H34N2O/c1-3-4-7-19-12-14-23(15-13-19)16-18(2)17-24-21-9-6-5-8-20(21)10-11-22(24)25/h5-6,8-9,18-19H,3-4,7,10-17H2,1-2H3/t18-/m1/s1. The lowest BCUT2D eigenvalue weighted by atomic mass is 9.91. The molecule has 0 radical (unpaired) electrons. The van der Waals surface area contributed by atoms with Crippen molar-refractivity contribution >= 4 is 11.6 Å². The Bertz CT molecular complexity index is 563. The van der Waals surface area contributed by atoms with Crippen molar-refractivity contribution < 1.29 is 4.79 Å². The Kier molecular flexibility index (Phi) is 6.52. The predicted molar refractivity (Wildman–Crippen MR) is 105 cm³/mol. The summed E-state index contributed by atoms with van der Waals surface area (Å²) in [5.41, 5.74) is 2.47. The summed E-state index contributed by atoms with van der Waals surface area (Å²) in [7, 11) is 0. The van der Waals surface area contributed by atoms with E-state index >= 15 is 0 Å². The van der Waals surface area contributed by atoms with Crippen molar-refractivity contribution in [2.45, 2.75) is 58.8 Å². The highest BCUT2D eigenvalue weighted by Crippen LogP contribution is 2.29. The number of unbranched alkanes of at least 4 members (excludes halogenated alkanes) is 1. The van der Waals surface area contributed by atoms with Gasteiger partial charge < -0.3 is 9.80 Å². The number of fused-ring (bicyclic) bond motifs is 1. The molecule has 0 bridgehead atoms. The minimum atomic E-state index is 0.295. The van der Waals surface area contributed by atoms with Crippen LogP contribution in [-0.2, 0) is 11.2 Å². The van der Waals surface area contributed by atoms with Crippen LogP contribution in [0.2, 0.25) is 0 Å². The molecule has 0 aliphatic carbocycles. The summed E-state index contributed by atoms with van der Waals surface area (Å²) >= 11 is 0. The Morgan fingerprint density at radius 2 is 1.88 bits per heavy atom. The average molecular weight is 343 g/mol. The number of hydrogen-bond donors (Lipinski definition) is 0. The maximum atomic E-state index is 12.4. The van der Waals surface area contributed by atoms with Crippen LogP contribution in [0, 0.1) is 11.8 Å². The lowest BCUT2D eigenvalue weighted by Crippen LogP contribution is -2.43. The molecule has 2 aliphatic rings. The van der Waals surface area contributed by atoms with Crippen molar-refractivity contribution in [1.82, 2.24) is 4.90 Å². The molecule has 25 heavy (non-hydrogen) atoms. The van der Waals surface area contributed by atoms with Gasteiger partial charge in [-0.2, -0.15) is 0 Å². The fraction of sp³-hybridized carbons (Fsp3) is 0.682. The lowest BCUT2D eigenvalue weighted by Gasteiger charge is -2.36. The normalized spacial score (nSPS) is 20.6. The number of anilines is 1. The first kappa shape index (κ1) is 18.4. The van der Waals surface area contributed by atoms with Gasteiger partial charge in [-0.05, 0) is 55.8 Å². The second-order valence-electron chi connectivity index (χ2n) is 8.12. The molecule has 1 amide bonds. The highest BCUT2D eigenvalue weighted by molar-refractivity contribution is 5.96. The number of piperidine rings is 1. The number of amides is 1. The average Bonchev–Trinajstić information content (AvgIpc) is 2.63. The summed E-state index contributed by atoms with van der Waals surface area (Å²) in [5.74, 6) is 1.76. The van der Waals surface area contributed by atoms with Gasteiger partial charge in [-0.25, -0.2) is 0 Å². The van der Waals surface area contributed by atoms with Crippen molar-refractivity contribution in [2.75, 3.05) is 31.1 Å². The van der Waals surface area contributed by atoms with Crippen LogP contribution in [0.3, 0.4) is 0 Å². The Morgan fingerprint density at radius 3 is 2.64 bits per heavy atom. The van der Waals surface area contributed by atoms with Crippen molar-refractivity contribution in [2.24, 2.45) is 11.8 Å². The third kappa shape index (κ3) is 4.84. The van der Waals surface area contributed by atoms with Crippen LogP contribution in [0.4, 0.5) is 5.69 Å². The number of aryl methyl sites for hydroxylation is 1. The van der Waals surface area contributed by atoms with Gasteiger partial charge in [-0.15, -0.1) is 0 Å². The summed E-state index contributed by atoms with van der Waals surface area (Å²) in [5, 5.41) is 0. The molecule has 2 aliphatic heterocycles. The second-order valence-corrected chi connectivity index (χ2v) is 8.12. The number of benzene rings is 1. The number of likely N-dealkylation sites (tertiary alicyclic amines) is 1. The van der Waals surface area contributed by atoms with E-state index in [4.69, 9.17) is 0 Å². The fourth-order valence-corrected chi connectivity index (χ4v) is 4.46. The summed E-state index contributed by atoms with van der Waals surface area (Å²) in [6, 6.07) is 8.41. The van der Waals surface area contributed by atoms with Gasteiger partial charge in [0.05, 0.1) is 0 Å². The van der Waals surface area contributed by atoms with Gasteiger partial charge in [0.15, 0.2) is 0 Å². The molecule has 0 saturated carbocycles. The molecule has 1 saturated heterocycles. The summed E-state index contributed by atoms with van der Waals surface area (Å²) < 4.78 is 0. The van der Waals surface area contributed by atoms with Gasteiger partial charge >= 0.3 is 0 Å². The minimum Gasteiger partial charge on any atom is -0.312 e. The highest BCUT2D eigenvalue weighted by atomic mass is 16.2. The predicted octanol–water partition coefficient (Wildman–Crippen LogP) is 4.50. The van der Waals surface area contributed by atoms with Crippen LogP contribution in [-0.4, -0.2) is 37.0 Å². The first-order valence-electron chi connectivity index (χ1n) is 10.3. The lowest BCUT2D eigenvalue weighted by molar-refractivity contribution is -0.119.